The second-order valence-electron chi connectivity index (χ2n) is 4.50. The van der Waals surface area contributed by atoms with E-state index < -0.39 is 0 Å². The molecule has 0 fully saturated rings. The third kappa shape index (κ3) is 2.85. The van der Waals surface area contributed by atoms with E-state index in [-0.39, 0.29) is 5.91 Å². The smallest absolute Gasteiger partial charge is 0.237 e. The predicted octanol–water partition coefficient (Wildman–Crippen LogP) is 3.82. The average Bonchev–Trinajstić information content (AvgIpc) is 2.97. The molecular formula is C15H15NOS2. The van der Waals surface area contributed by atoms with Crippen molar-refractivity contribution in [3.63, 3.8) is 0 Å². The van der Waals surface area contributed by atoms with Crippen molar-refractivity contribution in [1.82, 2.24) is 0 Å². The lowest BCUT2D eigenvalue weighted by Crippen LogP contribution is -2.36. The Morgan fingerprint density at radius 3 is 3.00 bits per heavy atom. The minimum Gasteiger partial charge on any atom is -0.311 e. The molecule has 0 N–H and O–H groups in total. The molecule has 0 unspecified atom stereocenters. The second-order valence-corrected chi connectivity index (χ2v) is 6.72. The second kappa shape index (κ2) is 5.80. The van der Waals surface area contributed by atoms with Gasteiger partial charge < -0.3 is 4.90 Å². The van der Waals surface area contributed by atoms with E-state index in [0.29, 0.717) is 5.75 Å². The lowest BCUT2D eigenvalue weighted by Gasteiger charge is -2.29. The van der Waals surface area contributed by atoms with E-state index in [0.717, 1.165) is 25.1 Å². The van der Waals surface area contributed by atoms with Gasteiger partial charge in [-0.05, 0) is 35.9 Å². The fourth-order valence-electron chi connectivity index (χ4n) is 2.35. The standard InChI is InChI=1S/C15H15NOS2/c17-14(11-19-15-8-4-10-18-15)16-9-3-6-12-5-1-2-7-13(12)16/h1-2,4-5,7-8,10H,3,6,9,11H2. The number of carbonyl (C=O) groups excluding carboxylic acids is 1. The molecule has 0 spiro atoms. The number of para-hydroxylation sites is 1. The number of hydrogen-bond acceptors (Lipinski definition) is 3. The number of carbonyl (C=O) groups is 1. The SMILES string of the molecule is O=C(CSc1cccs1)N1CCCc2ccccc21. The van der Waals surface area contributed by atoms with Gasteiger partial charge in [-0.3, -0.25) is 4.79 Å². The number of anilines is 1. The van der Waals surface area contributed by atoms with Crippen molar-refractivity contribution in [2.45, 2.75) is 17.1 Å². The van der Waals surface area contributed by atoms with Gasteiger partial charge in [-0.25, -0.2) is 0 Å². The molecule has 0 aliphatic carbocycles. The lowest BCUT2D eigenvalue weighted by molar-refractivity contribution is -0.116. The van der Waals surface area contributed by atoms with Crippen LogP contribution in [-0.4, -0.2) is 18.2 Å². The Kier molecular flexibility index (Phi) is 3.89. The van der Waals surface area contributed by atoms with Crippen LogP contribution in [0.25, 0.3) is 0 Å². The Morgan fingerprint density at radius 2 is 2.16 bits per heavy atom. The Bertz CT molecular complexity index is 565. The molecule has 0 saturated carbocycles. The van der Waals surface area contributed by atoms with Crippen LogP contribution in [0.2, 0.25) is 0 Å². The highest BCUT2D eigenvalue weighted by Gasteiger charge is 2.21. The van der Waals surface area contributed by atoms with Gasteiger partial charge in [0, 0.05) is 12.2 Å². The van der Waals surface area contributed by atoms with Crippen LogP contribution in [-0.2, 0) is 11.2 Å². The van der Waals surface area contributed by atoms with Gasteiger partial charge in [0.1, 0.15) is 0 Å². The van der Waals surface area contributed by atoms with Crippen molar-refractivity contribution >= 4 is 34.7 Å². The van der Waals surface area contributed by atoms with Crippen molar-refractivity contribution in [3.05, 3.63) is 47.3 Å². The van der Waals surface area contributed by atoms with Gasteiger partial charge in [-0.15, -0.1) is 23.1 Å². The van der Waals surface area contributed by atoms with Crippen LogP contribution in [0, 0.1) is 0 Å². The summed E-state index contributed by atoms with van der Waals surface area (Å²) in [5.41, 5.74) is 2.40. The van der Waals surface area contributed by atoms with Crippen LogP contribution >= 0.6 is 23.1 Å². The molecule has 4 heteroatoms. The van der Waals surface area contributed by atoms with Gasteiger partial charge >= 0.3 is 0 Å². The van der Waals surface area contributed by atoms with E-state index in [1.165, 1.54) is 9.77 Å². The summed E-state index contributed by atoms with van der Waals surface area (Å²) >= 11 is 3.32. The molecule has 1 aliphatic heterocycles. The number of aryl methyl sites for hydroxylation is 1. The third-order valence-electron chi connectivity index (χ3n) is 3.24. The number of thioether (sulfide) groups is 1. The number of rotatable bonds is 3. The Labute approximate surface area is 121 Å². The summed E-state index contributed by atoms with van der Waals surface area (Å²) in [6.07, 6.45) is 2.14. The Hall–Kier alpha value is -1.26. The molecule has 98 valence electrons. The summed E-state index contributed by atoms with van der Waals surface area (Å²) in [5.74, 6) is 0.736. The normalized spacial score (nSPS) is 14.2. The summed E-state index contributed by atoms with van der Waals surface area (Å²) in [7, 11) is 0. The summed E-state index contributed by atoms with van der Waals surface area (Å²) in [4.78, 5) is 14.3. The highest BCUT2D eigenvalue weighted by molar-refractivity contribution is 8.01. The van der Waals surface area contributed by atoms with Crippen molar-refractivity contribution in [3.8, 4) is 0 Å². The zero-order valence-corrected chi connectivity index (χ0v) is 12.2. The topological polar surface area (TPSA) is 20.3 Å². The lowest BCUT2D eigenvalue weighted by atomic mass is 10.0. The molecule has 0 bridgehead atoms. The molecule has 2 heterocycles. The molecule has 0 saturated heterocycles. The maximum atomic E-state index is 12.4. The monoisotopic (exact) mass is 289 g/mol. The first-order valence-electron chi connectivity index (χ1n) is 6.39. The first kappa shape index (κ1) is 12.8. The Morgan fingerprint density at radius 1 is 1.26 bits per heavy atom. The fraction of sp³-hybridized carbons (Fsp3) is 0.267. The number of amides is 1. The molecule has 1 aliphatic rings. The van der Waals surface area contributed by atoms with E-state index in [9.17, 15) is 4.79 Å². The van der Waals surface area contributed by atoms with E-state index in [4.69, 9.17) is 0 Å². The van der Waals surface area contributed by atoms with Gasteiger partial charge in [0.15, 0.2) is 0 Å². The van der Waals surface area contributed by atoms with Crippen molar-refractivity contribution < 1.29 is 4.79 Å². The zero-order valence-electron chi connectivity index (χ0n) is 10.5. The van der Waals surface area contributed by atoms with E-state index >= 15 is 0 Å². The summed E-state index contributed by atoms with van der Waals surface area (Å²) in [5, 5.41) is 2.04. The van der Waals surface area contributed by atoms with Crippen LogP contribution in [0.15, 0.2) is 46.0 Å². The predicted molar refractivity (Wildman–Crippen MR) is 82.2 cm³/mol. The number of thiophene rings is 1. The largest absolute Gasteiger partial charge is 0.311 e. The van der Waals surface area contributed by atoms with Crippen molar-refractivity contribution in [2.24, 2.45) is 0 Å². The molecule has 1 aromatic heterocycles. The van der Waals surface area contributed by atoms with Crippen molar-refractivity contribution in [1.29, 1.82) is 0 Å². The fourth-order valence-corrected chi connectivity index (χ4v) is 4.01. The molecule has 19 heavy (non-hydrogen) atoms. The van der Waals surface area contributed by atoms with Crippen LogP contribution in [0.5, 0.6) is 0 Å². The van der Waals surface area contributed by atoms with Crippen LogP contribution in [0.3, 0.4) is 0 Å². The van der Waals surface area contributed by atoms with Crippen LogP contribution in [0.1, 0.15) is 12.0 Å². The zero-order chi connectivity index (χ0) is 13.1. The first-order chi connectivity index (χ1) is 9.34. The van der Waals surface area contributed by atoms with E-state index in [1.54, 1.807) is 23.1 Å². The van der Waals surface area contributed by atoms with Gasteiger partial charge in [0.25, 0.3) is 0 Å². The molecule has 1 amide bonds. The molecular weight excluding hydrogens is 274 g/mol. The van der Waals surface area contributed by atoms with Gasteiger partial charge in [0.05, 0.1) is 9.96 Å². The number of fused-ring (bicyclic) bond motifs is 1. The first-order valence-corrected chi connectivity index (χ1v) is 8.26. The minimum atomic E-state index is 0.213. The van der Waals surface area contributed by atoms with Gasteiger partial charge in [-0.1, -0.05) is 24.3 Å². The maximum absolute atomic E-state index is 12.4. The van der Waals surface area contributed by atoms with Crippen LogP contribution in [0.4, 0.5) is 5.69 Å². The number of benzene rings is 1. The summed E-state index contributed by atoms with van der Waals surface area (Å²) < 4.78 is 1.21. The Balaban J connectivity index is 1.71. The molecule has 3 rings (SSSR count). The molecule has 1 aromatic carbocycles. The third-order valence-corrected chi connectivity index (χ3v) is 5.36. The molecule has 0 radical (unpaired) electrons. The summed E-state index contributed by atoms with van der Waals surface area (Å²) in [6, 6.07) is 12.3. The molecule has 0 atom stereocenters. The minimum absolute atomic E-state index is 0.213. The highest BCUT2D eigenvalue weighted by Crippen LogP contribution is 2.29. The van der Waals surface area contributed by atoms with E-state index in [2.05, 4.69) is 18.2 Å². The maximum Gasteiger partial charge on any atom is 0.237 e. The van der Waals surface area contributed by atoms with Crippen LogP contribution < -0.4 is 4.90 Å². The van der Waals surface area contributed by atoms with E-state index in [1.807, 2.05) is 28.5 Å². The summed E-state index contributed by atoms with van der Waals surface area (Å²) in [6.45, 7) is 0.848. The van der Waals surface area contributed by atoms with Crippen molar-refractivity contribution in [2.75, 3.05) is 17.2 Å². The molecule has 2 aromatic rings. The quantitative estimate of drug-likeness (QED) is 0.801. The van der Waals surface area contributed by atoms with Gasteiger partial charge in [0.2, 0.25) is 5.91 Å². The number of hydrogen-bond donors (Lipinski definition) is 0. The van der Waals surface area contributed by atoms with Gasteiger partial charge in [-0.2, -0.15) is 0 Å². The highest BCUT2D eigenvalue weighted by atomic mass is 32.2. The molecule has 2 nitrogen and oxygen atoms in total. The average molecular weight is 289 g/mol. The number of nitrogens with zero attached hydrogens (tertiary/aromatic N) is 1.